The molecule has 6 heteroatoms. The van der Waals surface area contributed by atoms with E-state index < -0.39 is 14.9 Å². The van der Waals surface area contributed by atoms with E-state index in [-0.39, 0.29) is 28.1 Å². The third-order valence-electron chi connectivity index (χ3n) is 0. The summed E-state index contributed by atoms with van der Waals surface area (Å²) in [5, 5.41) is 0. The highest BCUT2D eigenvalue weighted by Crippen LogP contribution is 2.28. The lowest BCUT2D eigenvalue weighted by molar-refractivity contribution is -0.114. The molecule has 0 aromatic heterocycles. The van der Waals surface area contributed by atoms with Crippen molar-refractivity contribution in [3.63, 3.8) is 0 Å². The fourth-order valence-corrected chi connectivity index (χ4v) is 0. The standard InChI is InChI=1S/C3H9OP.C3H6O.C3H6S.C2H6OP.3CH4/c1-5(2,3)4;2*1-3(2)4;1-4(2)3;;;/h1-3H3;3*1-2H3;3*1H4/q;;;+1;;;. The third-order valence-corrected chi connectivity index (χ3v) is 0. The lowest BCUT2D eigenvalue weighted by atomic mass is 10.6. The molecule has 128 valence electrons. The Morgan fingerprint density at radius 2 is 0.900 bits per heavy atom. The molecule has 0 aromatic rings. The molecule has 0 spiro atoms. The summed E-state index contributed by atoms with van der Waals surface area (Å²) in [6.07, 6.45) is 0. The van der Waals surface area contributed by atoms with E-state index in [1.807, 2.05) is 13.8 Å². The molecule has 0 aliphatic carbocycles. The lowest BCUT2D eigenvalue weighted by Gasteiger charge is -1.86. The molecule has 0 radical (unpaired) electrons. The molecular formula is C14H39O3P2S+. The average molecular weight is 349 g/mol. The van der Waals surface area contributed by atoms with Crippen molar-refractivity contribution in [3.8, 4) is 0 Å². The highest BCUT2D eigenvalue weighted by atomic mass is 32.1. The van der Waals surface area contributed by atoms with E-state index in [9.17, 15) is 13.9 Å². The number of carbonyl (C=O) groups is 1. The normalized spacial score (nSPS) is 6.85. The van der Waals surface area contributed by atoms with Gasteiger partial charge in [-0.05, 0) is 52.6 Å². The van der Waals surface area contributed by atoms with E-state index in [1.54, 1.807) is 33.3 Å². The molecular weight excluding hydrogens is 310 g/mol. The highest BCUT2D eigenvalue weighted by molar-refractivity contribution is 7.80. The first kappa shape index (κ1) is 42.7. The van der Waals surface area contributed by atoms with Crippen molar-refractivity contribution in [2.24, 2.45) is 0 Å². The van der Waals surface area contributed by atoms with Gasteiger partial charge in [-0.25, -0.2) is 0 Å². The molecule has 3 nitrogen and oxygen atoms in total. The molecule has 20 heavy (non-hydrogen) atoms. The molecule has 0 fully saturated rings. The Morgan fingerprint density at radius 3 is 0.900 bits per heavy atom. The lowest BCUT2D eigenvalue weighted by Crippen LogP contribution is -1.69. The fourth-order valence-electron chi connectivity index (χ4n) is 0. The summed E-state index contributed by atoms with van der Waals surface area (Å²) < 4.78 is 19.8. The van der Waals surface area contributed by atoms with Crippen LogP contribution >= 0.6 is 27.2 Å². The van der Waals surface area contributed by atoms with Crippen LogP contribution in [-0.2, 0) is 13.9 Å². The maximum Gasteiger partial charge on any atom is 0.332 e. The van der Waals surface area contributed by atoms with Crippen molar-refractivity contribution in [2.45, 2.75) is 50.0 Å². The Kier molecular flexibility index (Phi) is 58.6. The zero-order valence-corrected chi connectivity index (χ0v) is 15.1. The highest BCUT2D eigenvalue weighted by Gasteiger charge is 1.89. The number of Topliss-reactive ketones (excluding diaryl/α,β-unsaturated/α-hetero) is 1. The van der Waals surface area contributed by atoms with E-state index >= 15 is 0 Å². The molecule has 0 rings (SSSR count). The molecule has 0 amide bonds. The van der Waals surface area contributed by atoms with Gasteiger partial charge in [0.2, 0.25) is 0 Å². The molecule has 0 atom stereocenters. The van der Waals surface area contributed by atoms with Crippen LogP contribution in [0.1, 0.15) is 50.0 Å². The van der Waals surface area contributed by atoms with Gasteiger partial charge in [0, 0.05) is 0 Å². The summed E-state index contributed by atoms with van der Waals surface area (Å²) in [7, 11) is -2.51. The molecule has 0 aromatic carbocycles. The minimum atomic E-state index is -1.64. The summed E-state index contributed by atoms with van der Waals surface area (Å²) in [5.41, 5.74) is 0. The molecule has 0 aliphatic heterocycles. The molecule has 0 aliphatic rings. The van der Waals surface area contributed by atoms with Gasteiger partial charge in [-0.3, -0.25) is 0 Å². The minimum Gasteiger partial charge on any atom is -0.324 e. The second-order valence-electron chi connectivity index (χ2n) is 4.52. The smallest absolute Gasteiger partial charge is 0.324 e. The van der Waals surface area contributed by atoms with Crippen molar-refractivity contribution in [1.29, 1.82) is 0 Å². The summed E-state index contributed by atoms with van der Waals surface area (Å²) in [4.78, 5) is 10.4. The predicted molar refractivity (Wildman–Crippen MR) is 105 cm³/mol. The van der Waals surface area contributed by atoms with Crippen LogP contribution in [-0.4, -0.2) is 44.0 Å². The Bertz CT molecular complexity index is 223. The number of thiocarbonyl (C=S) groups is 1. The molecule has 0 N–H and O–H groups in total. The Balaban J connectivity index is -0.0000000216. The van der Waals surface area contributed by atoms with Gasteiger partial charge >= 0.3 is 7.80 Å². The molecule has 0 saturated carbocycles. The van der Waals surface area contributed by atoms with Gasteiger partial charge in [0.05, 0.1) is 7.14 Å². The predicted octanol–water partition coefficient (Wildman–Crippen LogP) is 6.21. The van der Waals surface area contributed by atoms with Crippen LogP contribution in [0.4, 0.5) is 0 Å². The van der Waals surface area contributed by atoms with Crippen LogP contribution in [0.15, 0.2) is 0 Å². The Labute approximate surface area is 135 Å². The number of hydrogen-bond donors (Lipinski definition) is 0. The number of hydrogen-bond acceptors (Lipinski definition) is 4. The monoisotopic (exact) mass is 349 g/mol. The second kappa shape index (κ2) is 27.4. The first-order chi connectivity index (χ1) is 7.20. The largest absolute Gasteiger partial charge is 0.332 e. The van der Waals surface area contributed by atoms with Gasteiger partial charge in [-0.2, -0.15) is 0 Å². The van der Waals surface area contributed by atoms with Crippen LogP contribution in [0.25, 0.3) is 0 Å². The number of rotatable bonds is 0. The van der Waals surface area contributed by atoms with E-state index in [4.69, 9.17) is 0 Å². The maximum absolute atomic E-state index is 10.2. The second-order valence-corrected chi connectivity index (χ2v) is 10.7. The van der Waals surface area contributed by atoms with Gasteiger partial charge in [0.1, 0.15) is 19.1 Å². The molecule has 0 heterocycles. The van der Waals surface area contributed by atoms with Crippen LogP contribution in [0.5, 0.6) is 0 Å². The van der Waals surface area contributed by atoms with Crippen molar-refractivity contribution in [2.75, 3.05) is 33.3 Å². The number of ketones is 1. The van der Waals surface area contributed by atoms with Crippen molar-refractivity contribution < 1.29 is 13.9 Å². The van der Waals surface area contributed by atoms with E-state index in [1.165, 1.54) is 13.8 Å². The summed E-state index contributed by atoms with van der Waals surface area (Å²) >= 11 is 4.54. The van der Waals surface area contributed by atoms with E-state index in [0.29, 0.717) is 0 Å². The molecule has 0 unspecified atom stereocenters. The van der Waals surface area contributed by atoms with Crippen LogP contribution < -0.4 is 0 Å². The van der Waals surface area contributed by atoms with Crippen molar-refractivity contribution in [1.82, 2.24) is 0 Å². The first-order valence-corrected chi connectivity index (χ1v) is 10.6. The molecule has 0 bridgehead atoms. The maximum atomic E-state index is 10.2. The van der Waals surface area contributed by atoms with Gasteiger partial charge < -0.3 is 9.36 Å². The first-order valence-electron chi connectivity index (χ1n) is 5.01. The van der Waals surface area contributed by atoms with E-state index in [0.717, 1.165) is 4.86 Å². The fraction of sp³-hybridized carbons (Fsp3) is 0.857. The quantitative estimate of drug-likeness (QED) is 0.385. The van der Waals surface area contributed by atoms with Crippen LogP contribution in [0, 0.1) is 0 Å². The Morgan fingerprint density at radius 1 is 0.900 bits per heavy atom. The zero-order chi connectivity index (χ0) is 15.2. The van der Waals surface area contributed by atoms with Crippen LogP contribution in [0.2, 0.25) is 0 Å². The van der Waals surface area contributed by atoms with Crippen molar-refractivity contribution >= 4 is 37.8 Å². The summed E-state index contributed by atoms with van der Waals surface area (Å²) in [6.45, 7) is 15.4. The summed E-state index contributed by atoms with van der Waals surface area (Å²) in [6, 6.07) is 0. The van der Waals surface area contributed by atoms with Crippen LogP contribution in [0.3, 0.4) is 0 Å². The number of carbonyl (C=O) groups excluding carboxylic acids is 1. The third kappa shape index (κ3) is 652000. The zero-order valence-electron chi connectivity index (χ0n) is 12.5. The average Bonchev–Trinajstić information content (AvgIpc) is 1.73. The Hall–Kier alpha value is 0.0900. The summed E-state index contributed by atoms with van der Waals surface area (Å²) in [5.74, 6) is 0.167. The van der Waals surface area contributed by atoms with Gasteiger partial charge in [0.25, 0.3) is 0 Å². The minimum absolute atomic E-state index is 0. The van der Waals surface area contributed by atoms with Gasteiger partial charge in [0.15, 0.2) is 0 Å². The molecule has 0 saturated heterocycles. The van der Waals surface area contributed by atoms with E-state index in [2.05, 4.69) is 12.2 Å². The SMILES string of the molecule is C.C.C.CC(C)=O.CC(C)=S.CP(C)(C)=O.C[P+](C)=O. The van der Waals surface area contributed by atoms with Crippen molar-refractivity contribution in [3.05, 3.63) is 0 Å². The van der Waals surface area contributed by atoms with Gasteiger partial charge in [-0.1, -0.05) is 39.1 Å². The topological polar surface area (TPSA) is 51.2 Å². The van der Waals surface area contributed by atoms with Gasteiger partial charge in [-0.15, -0.1) is 0 Å².